The molecule has 1 unspecified atom stereocenters. The molecule has 0 saturated carbocycles. The third-order valence-electron chi connectivity index (χ3n) is 2.56. The number of rotatable bonds is 3. The molecule has 1 atom stereocenters. The largest absolute Gasteiger partial charge is 0.387 e. The fourth-order valence-corrected chi connectivity index (χ4v) is 1.31. The zero-order valence-corrected chi connectivity index (χ0v) is 8.89. The van der Waals surface area contributed by atoms with Gasteiger partial charge in [-0.05, 0) is 30.9 Å². The van der Waals surface area contributed by atoms with Crippen LogP contribution in [0.25, 0.3) is 0 Å². The highest BCUT2D eigenvalue weighted by atomic mass is 14.9. The van der Waals surface area contributed by atoms with Gasteiger partial charge in [-0.15, -0.1) is 0 Å². The second-order valence-electron chi connectivity index (χ2n) is 3.46. The molecule has 0 radical (unpaired) electrons. The molecule has 1 rings (SSSR count). The van der Waals surface area contributed by atoms with Crippen molar-refractivity contribution in [2.24, 2.45) is 0 Å². The van der Waals surface area contributed by atoms with Crippen molar-refractivity contribution in [1.29, 1.82) is 0 Å². The molecule has 0 aliphatic carbocycles. The Morgan fingerprint density at radius 2 is 2.23 bits per heavy atom. The second kappa shape index (κ2) is 4.26. The molecule has 1 heterocycles. The first-order valence-corrected chi connectivity index (χ1v) is 4.83. The summed E-state index contributed by atoms with van der Waals surface area (Å²) in [5.41, 5.74) is 3.52. The summed E-state index contributed by atoms with van der Waals surface area (Å²) < 4.78 is 0. The van der Waals surface area contributed by atoms with Crippen LogP contribution in [-0.2, 0) is 0 Å². The molecule has 13 heavy (non-hydrogen) atoms. The topological polar surface area (TPSA) is 24.9 Å². The molecule has 2 nitrogen and oxygen atoms in total. The summed E-state index contributed by atoms with van der Waals surface area (Å²) in [5.74, 6) is 0.597. The SMILES string of the molecule is CCC(C)c1cnc(C)c(NC)c1. The van der Waals surface area contributed by atoms with E-state index in [0.717, 1.165) is 17.8 Å². The fraction of sp³-hybridized carbons (Fsp3) is 0.545. The molecule has 1 aromatic rings. The van der Waals surface area contributed by atoms with Gasteiger partial charge in [0, 0.05) is 13.2 Å². The van der Waals surface area contributed by atoms with Crippen LogP contribution in [0.5, 0.6) is 0 Å². The van der Waals surface area contributed by atoms with Gasteiger partial charge in [0.1, 0.15) is 0 Å². The molecule has 0 aromatic carbocycles. The lowest BCUT2D eigenvalue weighted by Gasteiger charge is -2.11. The lowest BCUT2D eigenvalue weighted by atomic mass is 10.00. The van der Waals surface area contributed by atoms with Crippen LogP contribution in [0.4, 0.5) is 5.69 Å². The van der Waals surface area contributed by atoms with Crippen LogP contribution < -0.4 is 5.32 Å². The van der Waals surface area contributed by atoms with Gasteiger partial charge in [-0.1, -0.05) is 13.8 Å². The lowest BCUT2D eigenvalue weighted by Crippen LogP contribution is -1.99. The maximum Gasteiger partial charge on any atom is 0.0603 e. The molecule has 0 aliphatic rings. The first-order valence-electron chi connectivity index (χ1n) is 4.83. The Morgan fingerprint density at radius 1 is 1.54 bits per heavy atom. The predicted octanol–water partition coefficient (Wildman–Crippen LogP) is 2.95. The molecule has 0 spiro atoms. The summed E-state index contributed by atoms with van der Waals surface area (Å²) in [5, 5.41) is 3.15. The maximum absolute atomic E-state index is 4.36. The molecule has 72 valence electrons. The molecule has 1 N–H and O–H groups in total. The van der Waals surface area contributed by atoms with E-state index in [1.54, 1.807) is 0 Å². The summed E-state index contributed by atoms with van der Waals surface area (Å²) in [6.07, 6.45) is 3.14. The van der Waals surface area contributed by atoms with Crippen molar-refractivity contribution in [1.82, 2.24) is 4.98 Å². The van der Waals surface area contributed by atoms with Gasteiger partial charge in [0.2, 0.25) is 0 Å². The quantitative estimate of drug-likeness (QED) is 0.769. The van der Waals surface area contributed by atoms with Gasteiger partial charge in [0.05, 0.1) is 11.4 Å². The van der Waals surface area contributed by atoms with Crippen LogP contribution in [0.3, 0.4) is 0 Å². The van der Waals surface area contributed by atoms with Crippen LogP contribution in [-0.4, -0.2) is 12.0 Å². The Balaban J connectivity index is 2.99. The van der Waals surface area contributed by atoms with E-state index in [9.17, 15) is 0 Å². The minimum Gasteiger partial charge on any atom is -0.387 e. The minimum atomic E-state index is 0.597. The smallest absolute Gasteiger partial charge is 0.0603 e. The van der Waals surface area contributed by atoms with Crippen molar-refractivity contribution in [3.05, 3.63) is 23.5 Å². The lowest BCUT2D eigenvalue weighted by molar-refractivity contribution is 0.729. The van der Waals surface area contributed by atoms with Crippen LogP contribution in [0.15, 0.2) is 12.3 Å². The average Bonchev–Trinajstić information content (AvgIpc) is 2.17. The predicted molar refractivity (Wildman–Crippen MR) is 57.2 cm³/mol. The number of pyridine rings is 1. The second-order valence-corrected chi connectivity index (χ2v) is 3.46. The number of hydrogen-bond donors (Lipinski definition) is 1. The molecule has 2 heteroatoms. The molecule has 1 aromatic heterocycles. The van der Waals surface area contributed by atoms with Crippen LogP contribution in [0.1, 0.15) is 37.4 Å². The molecular formula is C11H18N2. The molecule has 0 saturated heterocycles. The van der Waals surface area contributed by atoms with Crippen molar-refractivity contribution in [3.63, 3.8) is 0 Å². The van der Waals surface area contributed by atoms with Crippen molar-refractivity contribution in [2.45, 2.75) is 33.1 Å². The Hall–Kier alpha value is -1.05. The third-order valence-corrected chi connectivity index (χ3v) is 2.56. The first-order chi connectivity index (χ1) is 6.19. The molecule has 0 fully saturated rings. The highest BCUT2D eigenvalue weighted by Crippen LogP contribution is 2.22. The van der Waals surface area contributed by atoms with E-state index < -0.39 is 0 Å². The number of nitrogens with zero attached hydrogens (tertiary/aromatic N) is 1. The highest BCUT2D eigenvalue weighted by molar-refractivity contribution is 5.48. The van der Waals surface area contributed by atoms with Gasteiger partial charge in [-0.25, -0.2) is 0 Å². The Kier molecular flexibility index (Phi) is 3.29. The van der Waals surface area contributed by atoms with Crippen LogP contribution >= 0.6 is 0 Å². The monoisotopic (exact) mass is 178 g/mol. The van der Waals surface area contributed by atoms with Crippen LogP contribution in [0, 0.1) is 6.92 Å². The van der Waals surface area contributed by atoms with Crippen molar-refractivity contribution >= 4 is 5.69 Å². The van der Waals surface area contributed by atoms with Gasteiger partial charge in [0.15, 0.2) is 0 Å². The summed E-state index contributed by atoms with van der Waals surface area (Å²) >= 11 is 0. The Bertz CT molecular complexity index is 281. The fourth-order valence-electron chi connectivity index (χ4n) is 1.31. The number of hydrogen-bond acceptors (Lipinski definition) is 2. The van der Waals surface area contributed by atoms with Crippen molar-refractivity contribution in [2.75, 3.05) is 12.4 Å². The van der Waals surface area contributed by atoms with E-state index in [4.69, 9.17) is 0 Å². The van der Waals surface area contributed by atoms with Gasteiger partial charge in [0.25, 0.3) is 0 Å². The first kappa shape index (κ1) is 10.0. The molecule has 0 amide bonds. The molecule has 0 bridgehead atoms. The summed E-state index contributed by atoms with van der Waals surface area (Å²) in [6.45, 7) is 6.45. The number of aryl methyl sites for hydroxylation is 1. The molecular weight excluding hydrogens is 160 g/mol. The maximum atomic E-state index is 4.36. The van der Waals surface area contributed by atoms with Crippen molar-refractivity contribution in [3.8, 4) is 0 Å². The van der Waals surface area contributed by atoms with E-state index in [1.165, 1.54) is 5.56 Å². The highest BCUT2D eigenvalue weighted by Gasteiger charge is 2.05. The average molecular weight is 178 g/mol. The minimum absolute atomic E-state index is 0.597. The number of aromatic nitrogens is 1. The zero-order chi connectivity index (χ0) is 9.84. The van der Waals surface area contributed by atoms with E-state index in [2.05, 4.69) is 30.2 Å². The van der Waals surface area contributed by atoms with Gasteiger partial charge in [-0.3, -0.25) is 4.98 Å². The van der Waals surface area contributed by atoms with Gasteiger partial charge in [-0.2, -0.15) is 0 Å². The van der Waals surface area contributed by atoms with Crippen LogP contribution in [0.2, 0.25) is 0 Å². The van der Waals surface area contributed by atoms with E-state index in [-0.39, 0.29) is 0 Å². The van der Waals surface area contributed by atoms with Gasteiger partial charge >= 0.3 is 0 Å². The summed E-state index contributed by atoms with van der Waals surface area (Å²) in [7, 11) is 1.93. The van der Waals surface area contributed by atoms with Gasteiger partial charge < -0.3 is 5.32 Å². The van der Waals surface area contributed by atoms with E-state index in [1.807, 2.05) is 20.2 Å². The van der Waals surface area contributed by atoms with E-state index >= 15 is 0 Å². The third kappa shape index (κ3) is 2.20. The number of nitrogens with one attached hydrogen (secondary N) is 1. The number of anilines is 1. The Labute approximate surface area is 80.4 Å². The zero-order valence-electron chi connectivity index (χ0n) is 8.89. The Morgan fingerprint density at radius 3 is 2.77 bits per heavy atom. The van der Waals surface area contributed by atoms with E-state index in [0.29, 0.717) is 5.92 Å². The normalized spacial score (nSPS) is 12.6. The summed E-state index contributed by atoms with van der Waals surface area (Å²) in [6, 6.07) is 2.19. The molecule has 0 aliphatic heterocycles. The summed E-state index contributed by atoms with van der Waals surface area (Å²) in [4.78, 5) is 4.36. The van der Waals surface area contributed by atoms with Crippen molar-refractivity contribution < 1.29 is 0 Å². The standard InChI is InChI=1S/C11H18N2/c1-5-8(2)10-6-11(12-4)9(3)13-7-10/h6-8,12H,5H2,1-4H3.